The Bertz CT molecular complexity index is 1000. The lowest BCUT2D eigenvalue weighted by molar-refractivity contribution is -0.120. The van der Waals surface area contributed by atoms with Gasteiger partial charge in [0.2, 0.25) is 5.91 Å². The normalized spacial score (nSPS) is 14.9. The maximum atomic E-state index is 14.2. The van der Waals surface area contributed by atoms with Crippen molar-refractivity contribution in [3.63, 3.8) is 0 Å². The molecule has 0 aliphatic carbocycles. The number of anilines is 1. The smallest absolute Gasteiger partial charge is 0.326 e. The highest BCUT2D eigenvalue weighted by Crippen LogP contribution is 2.24. The standard InChI is InChI=1S/C23H27F3N4O3S/c1-29(18-6-7-21(33-2)19(26)14-18)22(31)20(12-15-10-16(24)13-17(25)11-15)27-23(32)28-34-30-8-4-3-5-9-30/h6-7,10-11,13-14,20H,3-5,8-9,12H2,1-2H3,(H2,27,28,32). The van der Waals surface area contributed by atoms with Crippen LogP contribution in [0.5, 0.6) is 5.75 Å². The van der Waals surface area contributed by atoms with Gasteiger partial charge >= 0.3 is 6.03 Å². The lowest BCUT2D eigenvalue weighted by Gasteiger charge is -2.27. The summed E-state index contributed by atoms with van der Waals surface area (Å²) in [5, 5.41) is 2.58. The SMILES string of the molecule is COc1ccc(N(C)C(=O)C(Cc2cc(F)cc(F)c2)NC(=O)NSN2CCCCC2)cc1F. The summed E-state index contributed by atoms with van der Waals surface area (Å²) in [7, 11) is 2.75. The first-order valence-electron chi connectivity index (χ1n) is 10.8. The molecule has 1 aliphatic rings. The van der Waals surface area contributed by atoms with Gasteiger partial charge in [-0.05, 0) is 42.7 Å². The molecule has 1 fully saturated rings. The van der Waals surface area contributed by atoms with E-state index in [1.807, 2.05) is 4.31 Å². The van der Waals surface area contributed by atoms with Gasteiger partial charge in [-0.2, -0.15) is 0 Å². The first-order chi connectivity index (χ1) is 16.3. The number of urea groups is 1. The molecular weight excluding hydrogens is 469 g/mol. The van der Waals surface area contributed by atoms with Crippen LogP contribution in [0.25, 0.3) is 0 Å². The van der Waals surface area contributed by atoms with E-state index in [0.717, 1.165) is 68.8 Å². The van der Waals surface area contributed by atoms with Crippen molar-refractivity contribution in [1.82, 2.24) is 14.3 Å². The van der Waals surface area contributed by atoms with E-state index in [0.29, 0.717) is 0 Å². The average molecular weight is 497 g/mol. The number of nitrogens with one attached hydrogen (secondary N) is 2. The molecule has 0 saturated carbocycles. The summed E-state index contributed by atoms with van der Waals surface area (Å²) >= 11 is 1.14. The van der Waals surface area contributed by atoms with E-state index >= 15 is 0 Å². The van der Waals surface area contributed by atoms with Crippen LogP contribution in [0.1, 0.15) is 24.8 Å². The lowest BCUT2D eigenvalue weighted by atomic mass is 10.0. The van der Waals surface area contributed by atoms with Crippen LogP contribution in [-0.2, 0) is 11.2 Å². The molecule has 3 amide bonds. The van der Waals surface area contributed by atoms with Crippen LogP contribution >= 0.6 is 12.1 Å². The molecule has 184 valence electrons. The minimum atomic E-state index is -1.17. The quantitative estimate of drug-likeness (QED) is 0.540. The molecule has 7 nitrogen and oxygen atoms in total. The maximum absolute atomic E-state index is 14.2. The molecule has 0 aromatic heterocycles. The molecule has 3 rings (SSSR count). The van der Waals surface area contributed by atoms with E-state index in [1.54, 1.807) is 0 Å². The summed E-state index contributed by atoms with van der Waals surface area (Å²) in [6.07, 6.45) is 3.04. The molecule has 1 aliphatic heterocycles. The van der Waals surface area contributed by atoms with E-state index in [1.165, 1.54) is 31.2 Å². The van der Waals surface area contributed by atoms with Gasteiger partial charge in [-0.25, -0.2) is 22.3 Å². The van der Waals surface area contributed by atoms with E-state index in [-0.39, 0.29) is 23.4 Å². The van der Waals surface area contributed by atoms with Crippen molar-refractivity contribution in [2.24, 2.45) is 0 Å². The maximum Gasteiger partial charge on any atom is 0.326 e. The number of nitrogens with zero attached hydrogens (tertiary/aromatic N) is 2. The number of hydrogen-bond donors (Lipinski definition) is 2. The van der Waals surface area contributed by atoms with Crippen LogP contribution < -0.4 is 19.7 Å². The fourth-order valence-corrected chi connectivity index (χ4v) is 4.35. The van der Waals surface area contributed by atoms with Crippen LogP contribution in [0.15, 0.2) is 36.4 Å². The summed E-state index contributed by atoms with van der Waals surface area (Å²) in [5.41, 5.74) is 0.415. The number of rotatable bonds is 8. The lowest BCUT2D eigenvalue weighted by Crippen LogP contribution is -2.51. The van der Waals surface area contributed by atoms with E-state index in [2.05, 4.69) is 10.0 Å². The van der Waals surface area contributed by atoms with Gasteiger partial charge in [-0.1, -0.05) is 6.42 Å². The van der Waals surface area contributed by atoms with Crippen LogP contribution in [0.4, 0.5) is 23.7 Å². The first kappa shape index (κ1) is 25.7. The fraction of sp³-hybridized carbons (Fsp3) is 0.391. The molecule has 2 N–H and O–H groups in total. The highest BCUT2D eigenvalue weighted by Gasteiger charge is 2.27. The highest BCUT2D eigenvalue weighted by atomic mass is 32.2. The van der Waals surface area contributed by atoms with Crippen molar-refractivity contribution >= 4 is 29.8 Å². The van der Waals surface area contributed by atoms with Gasteiger partial charge in [0, 0.05) is 56.5 Å². The summed E-state index contributed by atoms with van der Waals surface area (Å²) in [4.78, 5) is 27.0. The van der Waals surface area contributed by atoms with E-state index < -0.39 is 35.4 Å². The summed E-state index contributed by atoms with van der Waals surface area (Å²) < 4.78 is 51.1. The molecule has 2 aromatic rings. The Morgan fingerprint density at radius 3 is 2.38 bits per heavy atom. The number of amides is 3. The molecule has 34 heavy (non-hydrogen) atoms. The molecule has 1 saturated heterocycles. The second kappa shape index (κ2) is 12.0. The Morgan fingerprint density at radius 1 is 1.09 bits per heavy atom. The topological polar surface area (TPSA) is 73.9 Å². The first-order valence-corrected chi connectivity index (χ1v) is 11.6. The zero-order valence-corrected chi connectivity index (χ0v) is 19.8. The predicted molar refractivity (Wildman–Crippen MR) is 125 cm³/mol. The minimum absolute atomic E-state index is 0.0172. The van der Waals surface area contributed by atoms with Crippen molar-refractivity contribution in [2.75, 3.05) is 32.1 Å². The van der Waals surface area contributed by atoms with E-state index in [4.69, 9.17) is 4.74 Å². The zero-order chi connectivity index (χ0) is 24.7. The second-order valence-electron chi connectivity index (χ2n) is 7.91. The highest BCUT2D eigenvalue weighted by molar-refractivity contribution is 7.95. The Labute approximate surface area is 200 Å². The number of carbonyl (C=O) groups is 2. The number of ether oxygens (including phenoxy) is 1. The Morgan fingerprint density at radius 2 is 1.76 bits per heavy atom. The van der Waals surface area contributed by atoms with Crippen LogP contribution in [-0.4, -0.2) is 49.5 Å². The van der Waals surface area contributed by atoms with Crippen LogP contribution in [0, 0.1) is 17.5 Å². The third kappa shape index (κ3) is 7.04. The van der Waals surface area contributed by atoms with Crippen LogP contribution in [0.2, 0.25) is 0 Å². The Hall–Kier alpha value is -2.92. The van der Waals surface area contributed by atoms with Crippen LogP contribution in [0.3, 0.4) is 0 Å². The molecule has 0 spiro atoms. The third-order valence-corrected chi connectivity index (χ3v) is 6.30. The van der Waals surface area contributed by atoms with Gasteiger partial charge in [0.1, 0.15) is 17.7 Å². The van der Waals surface area contributed by atoms with Crippen molar-refractivity contribution in [1.29, 1.82) is 0 Å². The van der Waals surface area contributed by atoms with Gasteiger partial charge in [-0.3, -0.25) is 9.52 Å². The molecule has 1 unspecified atom stereocenters. The van der Waals surface area contributed by atoms with Crippen molar-refractivity contribution in [3.8, 4) is 5.75 Å². The van der Waals surface area contributed by atoms with Crippen molar-refractivity contribution in [3.05, 3.63) is 59.4 Å². The Kier molecular flexibility index (Phi) is 9.05. The average Bonchev–Trinajstić information content (AvgIpc) is 2.81. The predicted octanol–water partition coefficient (Wildman–Crippen LogP) is 4.03. The molecule has 11 heteroatoms. The molecule has 1 heterocycles. The largest absolute Gasteiger partial charge is 0.494 e. The monoisotopic (exact) mass is 496 g/mol. The summed E-state index contributed by atoms with van der Waals surface area (Å²) in [6, 6.07) is 5.12. The summed E-state index contributed by atoms with van der Waals surface area (Å²) in [6.45, 7) is 1.67. The second-order valence-corrected chi connectivity index (χ2v) is 8.81. The number of hydrogen-bond acceptors (Lipinski definition) is 5. The zero-order valence-electron chi connectivity index (χ0n) is 18.9. The van der Waals surface area contributed by atoms with Gasteiger partial charge in [0.05, 0.1) is 7.11 Å². The fourth-order valence-electron chi connectivity index (χ4n) is 3.64. The number of benzene rings is 2. The molecule has 1 atom stereocenters. The molecular formula is C23H27F3N4O3S. The number of methoxy groups -OCH3 is 1. The Balaban J connectivity index is 1.75. The van der Waals surface area contributed by atoms with Gasteiger partial charge < -0.3 is 15.0 Å². The molecule has 0 bridgehead atoms. The third-order valence-electron chi connectivity index (χ3n) is 5.40. The van der Waals surface area contributed by atoms with Gasteiger partial charge in [0.25, 0.3) is 0 Å². The number of likely N-dealkylation sites (N-methyl/N-ethyl adjacent to an activating group) is 1. The van der Waals surface area contributed by atoms with E-state index in [9.17, 15) is 22.8 Å². The van der Waals surface area contributed by atoms with Crippen molar-refractivity contribution in [2.45, 2.75) is 31.7 Å². The summed E-state index contributed by atoms with van der Waals surface area (Å²) in [5.74, 6) is -2.82. The minimum Gasteiger partial charge on any atom is -0.494 e. The van der Waals surface area contributed by atoms with Crippen molar-refractivity contribution < 1.29 is 27.5 Å². The molecule has 0 radical (unpaired) electrons. The number of carbonyl (C=O) groups excluding carboxylic acids is 2. The number of piperidine rings is 1. The van der Waals surface area contributed by atoms with Gasteiger partial charge in [-0.15, -0.1) is 0 Å². The van der Waals surface area contributed by atoms with Gasteiger partial charge in [0.15, 0.2) is 11.6 Å². The number of halogens is 3. The molecule has 2 aromatic carbocycles.